The lowest BCUT2D eigenvalue weighted by Gasteiger charge is -2.34. The topological polar surface area (TPSA) is 63.8 Å². The van der Waals surface area contributed by atoms with E-state index in [1.807, 2.05) is 0 Å². The zero-order valence-corrected chi connectivity index (χ0v) is 14.3. The standard InChI is InChI=1S/C17H14ClF3N4O/c1-10(15-14(21)16(18)23-9-22-15)17(26,8-25-6-2-5-24-25)12-4-3-11(19)7-13(12)20/h2-7,9-10,26H,8H2,1H3. The van der Waals surface area contributed by atoms with Crippen molar-refractivity contribution in [2.75, 3.05) is 0 Å². The molecule has 5 nitrogen and oxygen atoms in total. The Hall–Kier alpha value is -2.45. The molecule has 0 fully saturated rings. The van der Waals surface area contributed by atoms with Crippen LogP contribution in [0.1, 0.15) is 24.1 Å². The summed E-state index contributed by atoms with van der Waals surface area (Å²) in [7, 11) is 0. The van der Waals surface area contributed by atoms with E-state index < -0.39 is 34.1 Å². The number of halogens is 4. The SMILES string of the molecule is CC(c1ncnc(Cl)c1F)C(O)(Cn1cccn1)c1ccc(F)cc1F. The summed E-state index contributed by atoms with van der Waals surface area (Å²) < 4.78 is 43.5. The molecule has 136 valence electrons. The van der Waals surface area contributed by atoms with Crippen molar-refractivity contribution < 1.29 is 18.3 Å². The van der Waals surface area contributed by atoms with Crippen LogP contribution in [0.3, 0.4) is 0 Å². The summed E-state index contributed by atoms with van der Waals surface area (Å²) in [5.74, 6) is -3.72. The highest BCUT2D eigenvalue weighted by Gasteiger charge is 2.42. The lowest BCUT2D eigenvalue weighted by molar-refractivity contribution is -0.0132. The Balaban J connectivity index is 2.15. The second kappa shape index (κ2) is 7.05. The third-order valence-electron chi connectivity index (χ3n) is 4.26. The van der Waals surface area contributed by atoms with Gasteiger partial charge in [0.15, 0.2) is 11.0 Å². The van der Waals surface area contributed by atoms with Gasteiger partial charge in [0.25, 0.3) is 0 Å². The highest BCUT2D eigenvalue weighted by atomic mass is 35.5. The average Bonchev–Trinajstić information content (AvgIpc) is 3.09. The van der Waals surface area contributed by atoms with Crippen LogP contribution in [0.4, 0.5) is 13.2 Å². The van der Waals surface area contributed by atoms with Crippen molar-refractivity contribution in [3.63, 3.8) is 0 Å². The Morgan fingerprint density at radius 1 is 1.27 bits per heavy atom. The third-order valence-corrected chi connectivity index (χ3v) is 4.52. The molecule has 1 N–H and O–H groups in total. The fourth-order valence-electron chi connectivity index (χ4n) is 2.83. The predicted octanol–water partition coefficient (Wildman–Crippen LogP) is 3.44. The monoisotopic (exact) mass is 382 g/mol. The molecule has 0 radical (unpaired) electrons. The Kier molecular flexibility index (Phi) is 4.97. The van der Waals surface area contributed by atoms with Gasteiger partial charge in [-0.1, -0.05) is 24.6 Å². The van der Waals surface area contributed by atoms with E-state index in [1.54, 1.807) is 12.3 Å². The zero-order chi connectivity index (χ0) is 18.9. The predicted molar refractivity (Wildman–Crippen MR) is 87.9 cm³/mol. The first kappa shape index (κ1) is 18.3. The maximum Gasteiger partial charge on any atom is 0.182 e. The molecule has 0 spiro atoms. The highest BCUT2D eigenvalue weighted by molar-refractivity contribution is 6.29. The fourth-order valence-corrected chi connectivity index (χ4v) is 2.97. The molecule has 0 aliphatic carbocycles. The van der Waals surface area contributed by atoms with Gasteiger partial charge in [-0.25, -0.2) is 23.1 Å². The first-order chi connectivity index (χ1) is 12.3. The van der Waals surface area contributed by atoms with Gasteiger partial charge in [-0.15, -0.1) is 0 Å². The van der Waals surface area contributed by atoms with Crippen molar-refractivity contribution in [3.05, 3.63) is 76.8 Å². The number of hydrogen-bond donors (Lipinski definition) is 1. The Bertz CT molecular complexity index is 922. The van der Waals surface area contributed by atoms with Crippen LogP contribution in [0.15, 0.2) is 43.0 Å². The highest BCUT2D eigenvalue weighted by Crippen LogP contribution is 2.40. The number of nitrogens with zero attached hydrogens (tertiary/aromatic N) is 4. The van der Waals surface area contributed by atoms with E-state index in [4.69, 9.17) is 11.6 Å². The van der Waals surface area contributed by atoms with Gasteiger partial charge in [0.1, 0.15) is 23.6 Å². The van der Waals surface area contributed by atoms with Crippen LogP contribution in [0.5, 0.6) is 0 Å². The van der Waals surface area contributed by atoms with Crippen LogP contribution >= 0.6 is 11.6 Å². The molecule has 0 saturated heterocycles. The minimum absolute atomic E-state index is 0.191. The number of rotatable bonds is 5. The molecule has 26 heavy (non-hydrogen) atoms. The Morgan fingerprint density at radius 3 is 2.69 bits per heavy atom. The third kappa shape index (κ3) is 3.30. The van der Waals surface area contributed by atoms with Gasteiger partial charge in [0.05, 0.1) is 12.2 Å². The smallest absolute Gasteiger partial charge is 0.182 e. The zero-order valence-electron chi connectivity index (χ0n) is 13.6. The van der Waals surface area contributed by atoms with E-state index in [0.29, 0.717) is 6.07 Å². The van der Waals surface area contributed by atoms with Crippen LogP contribution in [0.2, 0.25) is 5.15 Å². The van der Waals surface area contributed by atoms with Gasteiger partial charge < -0.3 is 5.11 Å². The summed E-state index contributed by atoms with van der Waals surface area (Å²) in [5.41, 5.74) is -2.39. The summed E-state index contributed by atoms with van der Waals surface area (Å²) >= 11 is 5.70. The van der Waals surface area contributed by atoms with Gasteiger partial charge in [-0.2, -0.15) is 5.10 Å². The number of aromatic nitrogens is 4. The van der Waals surface area contributed by atoms with Crippen LogP contribution < -0.4 is 0 Å². The molecule has 2 heterocycles. The maximum absolute atomic E-state index is 14.4. The lowest BCUT2D eigenvalue weighted by atomic mass is 9.79. The average molecular weight is 383 g/mol. The first-order valence-electron chi connectivity index (χ1n) is 7.64. The summed E-state index contributed by atoms with van der Waals surface area (Å²) in [6.07, 6.45) is 4.09. The molecule has 3 rings (SSSR count). The Morgan fingerprint density at radius 2 is 2.04 bits per heavy atom. The molecule has 3 aromatic rings. The van der Waals surface area contributed by atoms with Gasteiger partial charge >= 0.3 is 0 Å². The van der Waals surface area contributed by atoms with Crippen LogP contribution in [0, 0.1) is 17.5 Å². The van der Waals surface area contributed by atoms with Gasteiger partial charge in [0, 0.05) is 29.9 Å². The molecule has 2 unspecified atom stereocenters. The van der Waals surface area contributed by atoms with Gasteiger partial charge in [0.2, 0.25) is 0 Å². The molecule has 0 aliphatic heterocycles. The Labute approximate surface area is 152 Å². The molecule has 0 bridgehead atoms. The molecular formula is C17H14ClF3N4O. The number of aliphatic hydroxyl groups is 1. The van der Waals surface area contributed by atoms with E-state index in [2.05, 4.69) is 15.1 Å². The molecule has 9 heteroatoms. The minimum atomic E-state index is -1.98. The lowest BCUT2D eigenvalue weighted by Crippen LogP contribution is -2.39. The quantitative estimate of drug-likeness (QED) is 0.687. The summed E-state index contributed by atoms with van der Waals surface area (Å²) in [4.78, 5) is 7.39. The van der Waals surface area contributed by atoms with E-state index in [1.165, 1.54) is 17.8 Å². The van der Waals surface area contributed by atoms with Crippen molar-refractivity contribution in [2.45, 2.75) is 25.0 Å². The number of hydrogen-bond acceptors (Lipinski definition) is 4. The van der Waals surface area contributed by atoms with Crippen LogP contribution in [-0.4, -0.2) is 24.9 Å². The van der Waals surface area contributed by atoms with E-state index in [-0.39, 0.29) is 17.8 Å². The van der Waals surface area contributed by atoms with Crippen molar-refractivity contribution in [3.8, 4) is 0 Å². The minimum Gasteiger partial charge on any atom is -0.382 e. The molecule has 0 amide bonds. The van der Waals surface area contributed by atoms with Crippen molar-refractivity contribution >= 4 is 11.6 Å². The van der Waals surface area contributed by atoms with Crippen molar-refractivity contribution in [2.24, 2.45) is 0 Å². The molecule has 0 saturated carbocycles. The largest absolute Gasteiger partial charge is 0.382 e. The van der Waals surface area contributed by atoms with E-state index in [0.717, 1.165) is 18.5 Å². The van der Waals surface area contributed by atoms with E-state index >= 15 is 0 Å². The summed E-state index contributed by atoms with van der Waals surface area (Å²) in [5, 5.41) is 15.0. The second-order valence-electron chi connectivity index (χ2n) is 5.84. The molecular weight excluding hydrogens is 369 g/mol. The van der Waals surface area contributed by atoms with Gasteiger partial charge in [-0.05, 0) is 12.1 Å². The summed E-state index contributed by atoms with van der Waals surface area (Å²) in [6, 6.07) is 4.40. The maximum atomic E-state index is 14.4. The number of benzene rings is 1. The first-order valence-corrected chi connectivity index (χ1v) is 8.02. The van der Waals surface area contributed by atoms with Crippen LogP contribution in [0.25, 0.3) is 0 Å². The van der Waals surface area contributed by atoms with Crippen molar-refractivity contribution in [1.29, 1.82) is 0 Å². The van der Waals surface area contributed by atoms with Crippen LogP contribution in [-0.2, 0) is 12.1 Å². The normalized spacial score (nSPS) is 14.8. The van der Waals surface area contributed by atoms with Crippen molar-refractivity contribution in [1.82, 2.24) is 19.7 Å². The fraction of sp³-hybridized carbons (Fsp3) is 0.235. The van der Waals surface area contributed by atoms with Gasteiger partial charge in [-0.3, -0.25) is 4.68 Å². The summed E-state index contributed by atoms with van der Waals surface area (Å²) in [6.45, 7) is 1.25. The molecule has 0 aliphatic rings. The molecule has 2 aromatic heterocycles. The molecule has 1 aromatic carbocycles. The second-order valence-corrected chi connectivity index (χ2v) is 6.20. The van der Waals surface area contributed by atoms with E-state index in [9.17, 15) is 18.3 Å². The molecule has 2 atom stereocenters.